The fourth-order valence-corrected chi connectivity index (χ4v) is 2.95. The Morgan fingerprint density at radius 3 is 2.45 bits per heavy atom. The summed E-state index contributed by atoms with van der Waals surface area (Å²) in [4.78, 5) is 9.54. The van der Waals surface area contributed by atoms with Gasteiger partial charge in [0.1, 0.15) is 5.01 Å². The van der Waals surface area contributed by atoms with E-state index >= 15 is 0 Å². The molecule has 0 aliphatic carbocycles. The monoisotopic (exact) mass is 278 g/mol. The van der Waals surface area contributed by atoms with Crippen molar-refractivity contribution in [3.63, 3.8) is 0 Å². The lowest BCUT2D eigenvalue weighted by atomic mass is 10.2. The van der Waals surface area contributed by atoms with Crippen LogP contribution in [0.15, 0.2) is 61.1 Å². The Labute approximate surface area is 119 Å². The molecule has 0 aliphatic rings. The van der Waals surface area contributed by atoms with Crippen molar-refractivity contribution in [2.24, 2.45) is 0 Å². The van der Waals surface area contributed by atoms with Gasteiger partial charge in [0, 0.05) is 23.5 Å². The van der Waals surface area contributed by atoms with Crippen molar-refractivity contribution in [2.45, 2.75) is 0 Å². The molecule has 0 aliphatic heterocycles. The molecule has 3 heterocycles. The largest absolute Gasteiger partial charge is 0.265 e. The van der Waals surface area contributed by atoms with Crippen LogP contribution < -0.4 is 0 Å². The van der Waals surface area contributed by atoms with E-state index in [0.717, 1.165) is 26.8 Å². The quantitative estimate of drug-likeness (QED) is 0.563. The van der Waals surface area contributed by atoms with Gasteiger partial charge in [0.2, 0.25) is 4.96 Å². The van der Waals surface area contributed by atoms with Gasteiger partial charge in [-0.15, -0.1) is 0 Å². The molecule has 5 heteroatoms. The van der Waals surface area contributed by atoms with E-state index in [2.05, 4.69) is 27.2 Å². The van der Waals surface area contributed by atoms with E-state index in [1.165, 1.54) is 0 Å². The number of imidazole rings is 1. The van der Waals surface area contributed by atoms with Gasteiger partial charge in [-0.1, -0.05) is 41.7 Å². The first kappa shape index (κ1) is 11.3. The number of pyridine rings is 1. The predicted octanol–water partition coefficient (Wildman–Crippen LogP) is 3.52. The van der Waals surface area contributed by atoms with Crippen molar-refractivity contribution in [3.8, 4) is 21.8 Å². The van der Waals surface area contributed by atoms with Crippen LogP contribution in [0.25, 0.3) is 26.8 Å². The number of hydrogen-bond acceptors (Lipinski definition) is 4. The lowest BCUT2D eigenvalue weighted by Gasteiger charge is -1.94. The van der Waals surface area contributed by atoms with Gasteiger partial charge in [-0.05, 0) is 12.1 Å². The van der Waals surface area contributed by atoms with Crippen LogP contribution in [0.1, 0.15) is 0 Å². The van der Waals surface area contributed by atoms with E-state index in [4.69, 9.17) is 0 Å². The second-order valence-electron chi connectivity index (χ2n) is 4.36. The third-order valence-electron chi connectivity index (χ3n) is 3.04. The number of rotatable bonds is 2. The fraction of sp³-hybridized carbons (Fsp3) is 0. The summed E-state index contributed by atoms with van der Waals surface area (Å²) >= 11 is 1.59. The van der Waals surface area contributed by atoms with Crippen molar-refractivity contribution >= 4 is 16.3 Å². The minimum Gasteiger partial charge on any atom is -0.265 e. The molecule has 3 aromatic heterocycles. The first-order chi connectivity index (χ1) is 9.90. The molecule has 0 fully saturated rings. The molecule has 0 radical (unpaired) electrons. The standard InChI is InChI=1S/C15H10N4S/c1-2-4-12(5-3-1)14-18-19-10-13(17-15(19)20-14)11-6-8-16-9-7-11/h1-10H. The number of fused-ring (bicyclic) bond motifs is 1. The molecular formula is C15H10N4S. The van der Waals surface area contributed by atoms with Crippen LogP contribution >= 0.6 is 11.3 Å². The van der Waals surface area contributed by atoms with Crippen molar-refractivity contribution in [1.82, 2.24) is 19.6 Å². The Morgan fingerprint density at radius 2 is 1.70 bits per heavy atom. The highest BCUT2D eigenvalue weighted by atomic mass is 32.1. The zero-order chi connectivity index (χ0) is 13.4. The number of benzene rings is 1. The van der Waals surface area contributed by atoms with E-state index in [1.54, 1.807) is 23.7 Å². The number of aromatic nitrogens is 4. The maximum atomic E-state index is 4.62. The smallest absolute Gasteiger partial charge is 0.213 e. The zero-order valence-electron chi connectivity index (χ0n) is 10.5. The average molecular weight is 278 g/mol. The Kier molecular flexibility index (Phi) is 2.57. The second-order valence-corrected chi connectivity index (χ2v) is 5.32. The van der Waals surface area contributed by atoms with E-state index in [-0.39, 0.29) is 0 Å². The molecule has 0 atom stereocenters. The van der Waals surface area contributed by atoms with Crippen LogP contribution in [0, 0.1) is 0 Å². The third-order valence-corrected chi connectivity index (χ3v) is 4.01. The molecule has 0 spiro atoms. The fourth-order valence-electron chi connectivity index (χ4n) is 2.06. The molecule has 4 aromatic rings. The van der Waals surface area contributed by atoms with Gasteiger partial charge in [0.15, 0.2) is 0 Å². The van der Waals surface area contributed by atoms with E-state index < -0.39 is 0 Å². The minimum atomic E-state index is 0.899. The lowest BCUT2D eigenvalue weighted by Crippen LogP contribution is -1.82. The summed E-state index contributed by atoms with van der Waals surface area (Å²) in [6.07, 6.45) is 5.49. The van der Waals surface area contributed by atoms with Gasteiger partial charge in [-0.3, -0.25) is 4.98 Å². The number of nitrogens with zero attached hydrogens (tertiary/aromatic N) is 4. The molecule has 4 nitrogen and oxygen atoms in total. The molecule has 0 amide bonds. The second kappa shape index (κ2) is 4.54. The van der Waals surface area contributed by atoms with E-state index in [0.29, 0.717) is 0 Å². The molecular weight excluding hydrogens is 268 g/mol. The SMILES string of the molecule is c1ccc(-c2nn3cc(-c4ccncc4)nc3s2)cc1. The average Bonchev–Trinajstić information content (AvgIpc) is 3.08. The molecule has 0 saturated carbocycles. The van der Waals surface area contributed by atoms with Crippen molar-refractivity contribution in [2.75, 3.05) is 0 Å². The van der Waals surface area contributed by atoms with Crippen LogP contribution in [0.5, 0.6) is 0 Å². The Hall–Kier alpha value is -2.53. The summed E-state index contributed by atoms with van der Waals surface area (Å²) in [5.41, 5.74) is 3.10. The molecule has 0 saturated heterocycles. The molecule has 0 bridgehead atoms. The molecule has 1 aromatic carbocycles. The van der Waals surface area contributed by atoms with E-state index in [1.807, 2.05) is 41.0 Å². The normalized spacial score (nSPS) is 11.0. The third kappa shape index (κ3) is 1.88. The van der Waals surface area contributed by atoms with Crippen LogP contribution in [0.4, 0.5) is 0 Å². The molecule has 96 valence electrons. The highest BCUT2D eigenvalue weighted by molar-refractivity contribution is 7.19. The minimum absolute atomic E-state index is 0.899. The summed E-state index contributed by atoms with van der Waals surface area (Å²) in [5.74, 6) is 0. The van der Waals surface area contributed by atoms with Crippen molar-refractivity contribution in [1.29, 1.82) is 0 Å². The van der Waals surface area contributed by atoms with Gasteiger partial charge in [-0.2, -0.15) is 5.10 Å². The van der Waals surface area contributed by atoms with Gasteiger partial charge in [0.25, 0.3) is 0 Å². The van der Waals surface area contributed by atoms with E-state index in [9.17, 15) is 0 Å². The first-order valence-corrected chi connectivity index (χ1v) is 7.04. The maximum Gasteiger partial charge on any atom is 0.213 e. The van der Waals surface area contributed by atoms with Gasteiger partial charge < -0.3 is 0 Å². The molecule has 0 unspecified atom stereocenters. The predicted molar refractivity (Wildman–Crippen MR) is 79.5 cm³/mol. The summed E-state index contributed by atoms with van der Waals surface area (Å²) in [6.45, 7) is 0. The molecule has 20 heavy (non-hydrogen) atoms. The Balaban J connectivity index is 1.78. The summed E-state index contributed by atoms with van der Waals surface area (Å²) in [5, 5.41) is 5.57. The topological polar surface area (TPSA) is 43.1 Å². The molecule has 4 rings (SSSR count). The van der Waals surface area contributed by atoms with Crippen molar-refractivity contribution < 1.29 is 0 Å². The Morgan fingerprint density at radius 1 is 0.900 bits per heavy atom. The van der Waals surface area contributed by atoms with Gasteiger partial charge >= 0.3 is 0 Å². The van der Waals surface area contributed by atoms with Crippen LogP contribution in [-0.2, 0) is 0 Å². The van der Waals surface area contributed by atoms with Gasteiger partial charge in [-0.25, -0.2) is 9.50 Å². The van der Waals surface area contributed by atoms with Crippen LogP contribution in [0.2, 0.25) is 0 Å². The summed E-state index contributed by atoms with van der Waals surface area (Å²) < 4.78 is 1.84. The maximum absolute atomic E-state index is 4.62. The van der Waals surface area contributed by atoms with Crippen LogP contribution in [0.3, 0.4) is 0 Å². The molecule has 0 N–H and O–H groups in total. The van der Waals surface area contributed by atoms with Crippen LogP contribution in [-0.4, -0.2) is 19.6 Å². The summed E-state index contributed by atoms with van der Waals surface area (Å²) in [6, 6.07) is 14.0. The van der Waals surface area contributed by atoms with Gasteiger partial charge in [0.05, 0.1) is 11.9 Å². The Bertz CT molecular complexity index is 749. The van der Waals surface area contributed by atoms with Crippen molar-refractivity contribution in [3.05, 3.63) is 61.1 Å². The number of hydrogen-bond donors (Lipinski definition) is 0. The highest BCUT2D eigenvalue weighted by Gasteiger charge is 2.10. The zero-order valence-corrected chi connectivity index (χ0v) is 11.3. The highest BCUT2D eigenvalue weighted by Crippen LogP contribution is 2.27. The summed E-state index contributed by atoms with van der Waals surface area (Å²) in [7, 11) is 0. The lowest BCUT2D eigenvalue weighted by molar-refractivity contribution is 0.978. The first-order valence-electron chi connectivity index (χ1n) is 6.22.